The van der Waals surface area contributed by atoms with Gasteiger partial charge in [-0.15, -0.1) is 0 Å². The summed E-state index contributed by atoms with van der Waals surface area (Å²) in [6.45, 7) is 1.68. The first-order valence-electron chi connectivity index (χ1n) is 9.98. The summed E-state index contributed by atoms with van der Waals surface area (Å²) in [6, 6.07) is -5.10. The number of nitrogens with two attached hydrogens (primary N) is 3. The number of carboxylic acid groups (broad SMARTS) is 2. The Balaban J connectivity index is 5.49. The Hall–Kier alpha value is -3.26. The van der Waals surface area contributed by atoms with Crippen molar-refractivity contribution in [2.24, 2.45) is 17.2 Å². The Labute approximate surface area is 184 Å². The van der Waals surface area contributed by atoms with Gasteiger partial charge in [-0.3, -0.25) is 24.0 Å². The van der Waals surface area contributed by atoms with E-state index in [1.54, 1.807) is 0 Å². The van der Waals surface area contributed by atoms with Crippen LogP contribution in [0, 0.1) is 0 Å². The lowest BCUT2D eigenvalue weighted by Crippen LogP contribution is -2.57. The maximum atomic E-state index is 12.7. The average Bonchev–Trinajstić information content (AvgIpc) is 2.68. The van der Waals surface area contributed by atoms with E-state index in [1.807, 2.05) is 0 Å². The molecule has 0 saturated carbocycles. The molecule has 0 spiro atoms. The molecule has 0 aromatic rings. The second-order valence-electron chi connectivity index (χ2n) is 7.20. The van der Waals surface area contributed by atoms with E-state index < -0.39 is 72.6 Å². The number of primary amides is 1. The van der Waals surface area contributed by atoms with Crippen molar-refractivity contribution in [3.8, 4) is 0 Å². The highest BCUT2D eigenvalue weighted by Gasteiger charge is 2.30. The summed E-state index contributed by atoms with van der Waals surface area (Å²) in [6.07, 6.45) is -0.389. The van der Waals surface area contributed by atoms with Crippen LogP contribution in [-0.4, -0.2) is 76.5 Å². The smallest absolute Gasteiger partial charge is 0.326 e. The molecule has 0 rings (SSSR count). The molecule has 0 bridgehead atoms. The van der Waals surface area contributed by atoms with Crippen molar-refractivity contribution < 1.29 is 39.0 Å². The van der Waals surface area contributed by atoms with Crippen LogP contribution in [0.5, 0.6) is 0 Å². The minimum atomic E-state index is -1.60. The van der Waals surface area contributed by atoms with Gasteiger partial charge in [0.15, 0.2) is 0 Å². The van der Waals surface area contributed by atoms with Gasteiger partial charge in [0.1, 0.15) is 18.1 Å². The van der Waals surface area contributed by atoms with E-state index in [9.17, 15) is 28.8 Å². The van der Waals surface area contributed by atoms with Crippen LogP contribution in [0.3, 0.4) is 0 Å². The number of carboxylic acids is 2. The van der Waals surface area contributed by atoms with Crippen molar-refractivity contribution in [1.82, 2.24) is 16.0 Å². The molecule has 14 heteroatoms. The monoisotopic (exact) mass is 460 g/mol. The van der Waals surface area contributed by atoms with Crippen molar-refractivity contribution in [1.29, 1.82) is 0 Å². The Kier molecular flexibility index (Phi) is 13.2. The molecule has 182 valence electrons. The quantitative estimate of drug-likeness (QED) is 0.107. The molecule has 4 amide bonds. The molecule has 0 radical (unpaired) electrons. The Morgan fingerprint density at radius 3 is 1.75 bits per heavy atom. The fraction of sp³-hybridized carbons (Fsp3) is 0.667. The lowest BCUT2D eigenvalue weighted by atomic mass is 10.0. The number of aliphatic carboxylic acids is 2. The van der Waals surface area contributed by atoms with E-state index >= 15 is 0 Å². The zero-order chi connectivity index (χ0) is 24.8. The predicted octanol–water partition coefficient (Wildman–Crippen LogP) is -3.26. The van der Waals surface area contributed by atoms with Crippen molar-refractivity contribution in [3.05, 3.63) is 0 Å². The first kappa shape index (κ1) is 28.7. The Bertz CT molecular complexity index is 699. The molecule has 0 aliphatic heterocycles. The van der Waals surface area contributed by atoms with Crippen LogP contribution >= 0.6 is 0 Å². The van der Waals surface area contributed by atoms with Gasteiger partial charge in [-0.1, -0.05) is 0 Å². The number of hydrogen-bond acceptors (Lipinski definition) is 8. The molecule has 0 heterocycles. The average molecular weight is 460 g/mol. The van der Waals surface area contributed by atoms with Gasteiger partial charge in [0.25, 0.3) is 0 Å². The van der Waals surface area contributed by atoms with Gasteiger partial charge in [-0.2, -0.15) is 0 Å². The van der Waals surface area contributed by atoms with Crippen LogP contribution in [0.4, 0.5) is 0 Å². The largest absolute Gasteiger partial charge is 0.481 e. The van der Waals surface area contributed by atoms with Gasteiger partial charge < -0.3 is 43.4 Å². The summed E-state index contributed by atoms with van der Waals surface area (Å²) in [4.78, 5) is 70.4. The molecule has 14 nitrogen and oxygen atoms in total. The van der Waals surface area contributed by atoms with Crippen LogP contribution in [0.2, 0.25) is 0 Å². The summed E-state index contributed by atoms with van der Waals surface area (Å²) in [5.41, 5.74) is 15.9. The zero-order valence-electron chi connectivity index (χ0n) is 17.8. The third kappa shape index (κ3) is 11.8. The highest BCUT2D eigenvalue weighted by Crippen LogP contribution is 2.06. The summed E-state index contributed by atoms with van der Waals surface area (Å²) in [5.74, 6) is -6.09. The van der Waals surface area contributed by atoms with Gasteiger partial charge in [-0.05, 0) is 39.2 Å². The molecule has 0 aromatic heterocycles. The van der Waals surface area contributed by atoms with Gasteiger partial charge >= 0.3 is 11.9 Å². The lowest BCUT2D eigenvalue weighted by molar-refractivity contribution is -0.143. The van der Waals surface area contributed by atoms with Gasteiger partial charge in [-0.25, -0.2) is 4.79 Å². The zero-order valence-corrected chi connectivity index (χ0v) is 17.8. The first-order valence-corrected chi connectivity index (χ1v) is 9.98. The number of unbranched alkanes of at least 4 members (excludes halogenated alkanes) is 1. The van der Waals surface area contributed by atoms with Gasteiger partial charge in [0, 0.05) is 6.42 Å². The molecule has 0 aliphatic carbocycles. The van der Waals surface area contributed by atoms with E-state index in [1.165, 1.54) is 6.92 Å². The lowest BCUT2D eigenvalue weighted by Gasteiger charge is -2.24. The molecular formula is C18H32N6O8. The maximum Gasteiger partial charge on any atom is 0.326 e. The molecule has 0 aromatic carbocycles. The van der Waals surface area contributed by atoms with Crippen molar-refractivity contribution in [2.45, 2.75) is 69.6 Å². The number of nitrogens with one attached hydrogen (secondary N) is 3. The summed E-state index contributed by atoms with van der Waals surface area (Å²) >= 11 is 0. The first-order chi connectivity index (χ1) is 14.9. The van der Waals surface area contributed by atoms with E-state index in [-0.39, 0.29) is 12.8 Å². The second kappa shape index (κ2) is 14.7. The normalized spacial score (nSPS) is 14.3. The number of carbonyl (C=O) groups excluding carboxylic acids is 4. The molecular weight excluding hydrogens is 428 g/mol. The SMILES string of the molecule is CC(N)C(=O)NC(CCC(=O)O)C(=O)NC(CCCCN)C(=O)NC(CC(N)=O)C(=O)O. The van der Waals surface area contributed by atoms with Crippen molar-refractivity contribution in [2.75, 3.05) is 6.54 Å². The van der Waals surface area contributed by atoms with E-state index in [0.717, 1.165) is 0 Å². The minimum absolute atomic E-state index is 0.0740. The van der Waals surface area contributed by atoms with Crippen LogP contribution in [-0.2, 0) is 28.8 Å². The predicted molar refractivity (Wildman–Crippen MR) is 111 cm³/mol. The van der Waals surface area contributed by atoms with Crippen LogP contribution in [0.1, 0.15) is 45.4 Å². The van der Waals surface area contributed by atoms with Crippen LogP contribution < -0.4 is 33.2 Å². The second-order valence-corrected chi connectivity index (χ2v) is 7.20. The third-order valence-corrected chi connectivity index (χ3v) is 4.29. The highest BCUT2D eigenvalue weighted by molar-refractivity contribution is 5.95. The van der Waals surface area contributed by atoms with Crippen molar-refractivity contribution >= 4 is 35.6 Å². The summed E-state index contributed by atoms with van der Waals surface area (Å²) < 4.78 is 0. The van der Waals surface area contributed by atoms with Crippen LogP contribution in [0.15, 0.2) is 0 Å². The van der Waals surface area contributed by atoms with Crippen molar-refractivity contribution in [3.63, 3.8) is 0 Å². The van der Waals surface area contributed by atoms with Gasteiger partial charge in [0.2, 0.25) is 23.6 Å². The molecule has 11 N–H and O–H groups in total. The number of carbonyl (C=O) groups is 6. The summed E-state index contributed by atoms with van der Waals surface area (Å²) in [5, 5.41) is 24.9. The van der Waals surface area contributed by atoms with E-state index in [4.69, 9.17) is 27.4 Å². The standard InChI is InChI=1S/C18H32N6O8/c1-9(20)15(28)22-11(5-6-14(26)27)17(30)23-10(4-2-3-7-19)16(29)24-12(18(31)32)8-13(21)25/h9-12H,2-8,19-20H2,1H3,(H2,21,25)(H,22,28)(H,23,30)(H,24,29)(H,26,27)(H,31,32). The van der Waals surface area contributed by atoms with E-state index in [2.05, 4.69) is 16.0 Å². The molecule has 0 aliphatic rings. The molecule has 0 fully saturated rings. The topological polar surface area (TPSA) is 257 Å². The van der Waals surface area contributed by atoms with Gasteiger partial charge in [0.05, 0.1) is 12.5 Å². The maximum absolute atomic E-state index is 12.7. The Morgan fingerprint density at radius 1 is 0.812 bits per heavy atom. The molecule has 4 atom stereocenters. The number of rotatable bonds is 16. The third-order valence-electron chi connectivity index (χ3n) is 4.29. The number of amides is 4. The summed E-state index contributed by atoms with van der Waals surface area (Å²) in [7, 11) is 0. The Morgan fingerprint density at radius 2 is 1.31 bits per heavy atom. The van der Waals surface area contributed by atoms with E-state index in [0.29, 0.717) is 19.4 Å². The fourth-order valence-electron chi connectivity index (χ4n) is 2.55. The highest BCUT2D eigenvalue weighted by atomic mass is 16.4. The minimum Gasteiger partial charge on any atom is -0.481 e. The molecule has 32 heavy (non-hydrogen) atoms. The molecule has 4 unspecified atom stereocenters. The fourth-order valence-corrected chi connectivity index (χ4v) is 2.55. The van der Waals surface area contributed by atoms with Crippen LogP contribution in [0.25, 0.3) is 0 Å². The number of hydrogen-bond donors (Lipinski definition) is 8. The molecule has 0 saturated heterocycles.